The normalized spacial score (nSPS) is 11.1. The third-order valence-corrected chi connectivity index (χ3v) is 6.37. The summed E-state index contributed by atoms with van der Waals surface area (Å²) in [6.07, 6.45) is 1.43. The number of aromatic nitrogens is 2. The molecule has 29 heavy (non-hydrogen) atoms. The third kappa shape index (κ3) is 6.05. The van der Waals surface area contributed by atoms with Crippen LogP contribution in [0.2, 0.25) is 5.02 Å². The Bertz CT molecular complexity index is 1020. The molecule has 3 aromatic rings. The summed E-state index contributed by atoms with van der Waals surface area (Å²) in [5, 5.41) is 5.95. The van der Waals surface area contributed by atoms with Gasteiger partial charge in [-0.25, -0.2) is 4.98 Å². The van der Waals surface area contributed by atoms with Crippen LogP contribution in [0.1, 0.15) is 12.0 Å². The molecule has 0 unspecified atom stereocenters. The Morgan fingerprint density at radius 3 is 2.86 bits per heavy atom. The highest BCUT2D eigenvalue weighted by Crippen LogP contribution is 2.21. The highest BCUT2D eigenvalue weighted by atomic mass is 35.5. The smallest absolute Gasteiger partial charge is 0.272 e. The topological polar surface area (TPSA) is 73.2 Å². The maximum atomic E-state index is 13.0. The summed E-state index contributed by atoms with van der Waals surface area (Å²) in [5.74, 6) is 0.116. The van der Waals surface area contributed by atoms with Gasteiger partial charge in [0, 0.05) is 31.8 Å². The number of thioether (sulfide) groups is 1. The summed E-state index contributed by atoms with van der Waals surface area (Å²) >= 11 is 8.61. The molecule has 154 valence electrons. The molecule has 0 radical (unpaired) electrons. The Labute approximate surface area is 182 Å². The fraction of sp³-hybridized carbons (Fsp3) is 0.350. The molecule has 6 nitrogen and oxygen atoms in total. The van der Waals surface area contributed by atoms with Gasteiger partial charge < -0.3 is 10.1 Å². The Morgan fingerprint density at radius 1 is 1.31 bits per heavy atom. The molecule has 9 heteroatoms. The number of hydrogen-bond acceptors (Lipinski definition) is 6. The monoisotopic (exact) mass is 451 g/mol. The number of ether oxygens (including phenoxy) is 1. The first-order chi connectivity index (χ1) is 14.1. The average molecular weight is 452 g/mol. The van der Waals surface area contributed by atoms with Crippen LogP contribution < -0.4 is 10.9 Å². The van der Waals surface area contributed by atoms with Crippen LogP contribution in [0.5, 0.6) is 0 Å². The van der Waals surface area contributed by atoms with Gasteiger partial charge in [0.25, 0.3) is 5.56 Å². The number of amides is 1. The van der Waals surface area contributed by atoms with E-state index in [1.165, 1.54) is 23.1 Å². The molecule has 3 rings (SSSR count). The second-order valence-corrected chi connectivity index (χ2v) is 8.64. The third-order valence-electron chi connectivity index (χ3n) is 4.25. The molecular formula is C20H22ClN3O3S2. The van der Waals surface area contributed by atoms with Gasteiger partial charge in [-0.1, -0.05) is 35.5 Å². The van der Waals surface area contributed by atoms with Crippen LogP contribution >= 0.6 is 34.7 Å². The van der Waals surface area contributed by atoms with Gasteiger partial charge in [0.2, 0.25) is 5.91 Å². The van der Waals surface area contributed by atoms with Crippen molar-refractivity contribution in [3.05, 3.63) is 56.7 Å². The van der Waals surface area contributed by atoms with Crippen molar-refractivity contribution in [1.29, 1.82) is 0 Å². The fourth-order valence-electron chi connectivity index (χ4n) is 2.75. The van der Waals surface area contributed by atoms with Crippen LogP contribution in [0.25, 0.3) is 10.2 Å². The predicted octanol–water partition coefficient (Wildman–Crippen LogP) is 3.60. The van der Waals surface area contributed by atoms with E-state index in [9.17, 15) is 9.59 Å². The number of aryl methyl sites for hydroxylation is 1. The molecule has 2 aromatic heterocycles. The number of carbonyl (C=O) groups is 1. The highest BCUT2D eigenvalue weighted by Gasteiger charge is 2.14. The van der Waals surface area contributed by atoms with Crippen LogP contribution in [-0.4, -0.2) is 41.5 Å². The van der Waals surface area contributed by atoms with Gasteiger partial charge in [0.15, 0.2) is 5.16 Å². The van der Waals surface area contributed by atoms with E-state index in [-0.39, 0.29) is 17.2 Å². The standard InChI is InChI=1S/C20H22ClN3O3S2/c1-27-11-2-9-22-17(25)13-29-20-23-16-8-12-28-18(16)19(26)24(20)10-7-14-3-5-15(21)6-4-14/h3-6,8,12H,2,7,9-11,13H2,1H3,(H,22,25). The van der Waals surface area contributed by atoms with E-state index >= 15 is 0 Å². The van der Waals surface area contributed by atoms with Gasteiger partial charge in [-0.15, -0.1) is 11.3 Å². The summed E-state index contributed by atoms with van der Waals surface area (Å²) < 4.78 is 7.27. The molecule has 0 bridgehead atoms. The minimum atomic E-state index is -0.0879. The first-order valence-electron chi connectivity index (χ1n) is 9.19. The van der Waals surface area contributed by atoms with Crippen molar-refractivity contribution in [3.8, 4) is 0 Å². The number of halogens is 1. The Balaban J connectivity index is 1.72. The molecule has 0 saturated heterocycles. The minimum Gasteiger partial charge on any atom is -0.385 e. The van der Waals surface area contributed by atoms with Crippen molar-refractivity contribution in [3.63, 3.8) is 0 Å². The number of rotatable bonds is 10. The molecule has 0 aliphatic carbocycles. The zero-order chi connectivity index (χ0) is 20.6. The maximum Gasteiger partial charge on any atom is 0.272 e. The minimum absolute atomic E-state index is 0.0676. The van der Waals surface area contributed by atoms with Gasteiger partial charge in [0.05, 0.1) is 11.3 Å². The van der Waals surface area contributed by atoms with E-state index in [1.54, 1.807) is 11.7 Å². The van der Waals surface area contributed by atoms with Crippen molar-refractivity contribution >= 4 is 50.8 Å². The number of hydrogen-bond donors (Lipinski definition) is 1. The zero-order valence-corrected chi connectivity index (χ0v) is 18.4. The second-order valence-electron chi connectivity index (χ2n) is 6.35. The molecule has 2 heterocycles. The lowest BCUT2D eigenvalue weighted by Crippen LogP contribution is -2.28. The maximum absolute atomic E-state index is 13.0. The van der Waals surface area contributed by atoms with E-state index in [4.69, 9.17) is 16.3 Å². The Hall–Kier alpha value is -1.87. The number of nitrogens with one attached hydrogen (secondary N) is 1. The molecular weight excluding hydrogens is 430 g/mol. The van der Waals surface area contributed by atoms with Gasteiger partial charge in [-0.3, -0.25) is 14.2 Å². The van der Waals surface area contributed by atoms with Crippen molar-refractivity contribution in [2.75, 3.05) is 26.0 Å². The predicted molar refractivity (Wildman–Crippen MR) is 119 cm³/mol. The van der Waals surface area contributed by atoms with Crippen molar-refractivity contribution in [2.24, 2.45) is 0 Å². The highest BCUT2D eigenvalue weighted by molar-refractivity contribution is 7.99. The van der Waals surface area contributed by atoms with Gasteiger partial charge in [0.1, 0.15) is 4.70 Å². The molecule has 0 saturated carbocycles. The van der Waals surface area contributed by atoms with E-state index in [0.717, 1.165) is 12.0 Å². The van der Waals surface area contributed by atoms with Crippen LogP contribution in [-0.2, 0) is 22.5 Å². The first kappa shape index (κ1) is 21.8. The van der Waals surface area contributed by atoms with Gasteiger partial charge in [-0.05, 0) is 42.0 Å². The van der Waals surface area contributed by atoms with Crippen molar-refractivity contribution in [2.45, 2.75) is 24.5 Å². The molecule has 1 N–H and O–H groups in total. The second kappa shape index (κ2) is 10.8. The lowest BCUT2D eigenvalue weighted by molar-refractivity contribution is -0.118. The molecule has 1 amide bonds. The van der Waals surface area contributed by atoms with Crippen LogP contribution in [0.3, 0.4) is 0 Å². The number of carbonyl (C=O) groups excluding carboxylic acids is 1. The van der Waals surface area contributed by atoms with Crippen molar-refractivity contribution < 1.29 is 9.53 Å². The quantitative estimate of drug-likeness (QED) is 0.289. The fourth-order valence-corrected chi connectivity index (χ4v) is 4.51. The van der Waals surface area contributed by atoms with E-state index < -0.39 is 0 Å². The summed E-state index contributed by atoms with van der Waals surface area (Å²) in [5.41, 5.74) is 1.69. The summed E-state index contributed by atoms with van der Waals surface area (Å²) in [6, 6.07) is 9.41. The molecule has 0 spiro atoms. The van der Waals surface area contributed by atoms with Crippen LogP contribution in [0.4, 0.5) is 0 Å². The largest absolute Gasteiger partial charge is 0.385 e. The summed E-state index contributed by atoms with van der Waals surface area (Å²) in [6.45, 7) is 1.65. The van der Waals surface area contributed by atoms with Crippen LogP contribution in [0, 0.1) is 0 Å². The summed E-state index contributed by atoms with van der Waals surface area (Å²) in [7, 11) is 1.63. The average Bonchev–Trinajstić information content (AvgIpc) is 3.19. The van der Waals surface area contributed by atoms with Gasteiger partial charge in [-0.2, -0.15) is 0 Å². The lowest BCUT2D eigenvalue weighted by Gasteiger charge is -2.12. The summed E-state index contributed by atoms with van der Waals surface area (Å²) in [4.78, 5) is 29.7. The van der Waals surface area contributed by atoms with E-state index in [0.29, 0.717) is 46.5 Å². The molecule has 1 aromatic carbocycles. The van der Waals surface area contributed by atoms with Crippen molar-refractivity contribution in [1.82, 2.24) is 14.9 Å². The first-order valence-corrected chi connectivity index (χ1v) is 11.4. The van der Waals surface area contributed by atoms with E-state index in [2.05, 4.69) is 10.3 Å². The molecule has 0 atom stereocenters. The number of nitrogens with zero attached hydrogens (tertiary/aromatic N) is 2. The molecule has 0 fully saturated rings. The number of thiophene rings is 1. The number of methoxy groups -OCH3 is 1. The molecule has 0 aliphatic rings. The Morgan fingerprint density at radius 2 is 2.10 bits per heavy atom. The number of benzene rings is 1. The number of fused-ring (bicyclic) bond motifs is 1. The van der Waals surface area contributed by atoms with Crippen LogP contribution in [0.15, 0.2) is 45.7 Å². The lowest BCUT2D eigenvalue weighted by atomic mass is 10.1. The van der Waals surface area contributed by atoms with E-state index in [1.807, 2.05) is 35.7 Å². The Kier molecular flexibility index (Phi) is 8.11. The van der Waals surface area contributed by atoms with Gasteiger partial charge >= 0.3 is 0 Å². The SMILES string of the molecule is COCCCNC(=O)CSc1nc2ccsc2c(=O)n1CCc1ccc(Cl)cc1. The zero-order valence-electron chi connectivity index (χ0n) is 16.0. The molecule has 0 aliphatic heterocycles.